The first-order valence-corrected chi connectivity index (χ1v) is 6.35. The van der Waals surface area contributed by atoms with Crippen LogP contribution in [0.3, 0.4) is 0 Å². The van der Waals surface area contributed by atoms with Gasteiger partial charge >= 0.3 is 0 Å². The molecule has 0 spiro atoms. The predicted octanol–water partition coefficient (Wildman–Crippen LogP) is 2.77. The minimum Gasteiger partial charge on any atom is -0.316 e. The summed E-state index contributed by atoms with van der Waals surface area (Å²) in [6.45, 7) is 8.04. The fraction of sp³-hybridized carbons (Fsp3) is 0.846. The zero-order valence-corrected chi connectivity index (χ0v) is 11.1. The third kappa shape index (κ3) is 7.57. The second-order valence-corrected chi connectivity index (χ2v) is 4.58. The van der Waals surface area contributed by atoms with Gasteiger partial charge in [-0.3, -0.25) is 4.48 Å². The lowest BCUT2D eigenvalue weighted by molar-refractivity contribution is -0.860. The standard InChI is InChI=1S/C13H29N2/c1-5-7-8-12-15(4,11-6-2)13-9-10-14-3/h9,13-14H,5-8,10-12H2,1-4H3/q+1/b13-9-/t15-/m1/s1. The van der Waals surface area contributed by atoms with E-state index in [2.05, 4.69) is 38.5 Å². The van der Waals surface area contributed by atoms with Gasteiger partial charge in [0.2, 0.25) is 0 Å². The monoisotopic (exact) mass is 213 g/mol. The summed E-state index contributed by atoms with van der Waals surface area (Å²) in [6.07, 6.45) is 9.88. The van der Waals surface area contributed by atoms with Crippen LogP contribution in [-0.4, -0.2) is 38.2 Å². The molecule has 0 fully saturated rings. The van der Waals surface area contributed by atoms with Crippen LogP contribution < -0.4 is 5.32 Å². The molecule has 1 N–H and O–H groups in total. The highest BCUT2D eigenvalue weighted by Crippen LogP contribution is 2.09. The molecule has 0 unspecified atom stereocenters. The summed E-state index contributed by atoms with van der Waals surface area (Å²) in [5.41, 5.74) is 0. The first kappa shape index (κ1) is 14.7. The average Bonchev–Trinajstić information content (AvgIpc) is 2.19. The topological polar surface area (TPSA) is 12.0 Å². The summed E-state index contributed by atoms with van der Waals surface area (Å²) in [5.74, 6) is 0. The molecule has 0 aliphatic carbocycles. The first-order chi connectivity index (χ1) is 7.18. The molecule has 90 valence electrons. The fourth-order valence-electron chi connectivity index (χ4n) is 1.92. The van der Waals surface area contributed by atoms with Crippen molar-refractivity contribution in [1.29, 1.82) is 0 Å². The van der Waals surface area contributed by atoms with E-state index in [9.17, 15) is 0 Å². The zero-order valence-electron chi connectivity index (χ0n) is 11.1. The van der Waals surface area contributed by atoms with Crippen LogP contribution in [0.4, 0.5) is 0 Å². The van der Waals surface area contributed by atoms with Crippen molar-refractivity contribution in [3.8, 4) is 0 Å². The van der Waals surface area contributed by atoms with E-state index in [1.54, 1.807) is 0 Å². The molecule has 0 aliphatic heterocycles. The van der Waals surface area contributed by atoms with Crippen molar-refractivity contribution in [2.75, 3.05) is 33.7 Å². The van der Waals surface area contributed by atoms with E-state index in [1.807, 2.05) is 7.05 Å². The highest BCUT2D eigenvalue weighted by Gasteiger charge is 2.15. The average molecular weight is 213 g/mol. The van der Waals surface area contributed by atoms with Crippen molar-refractivity contribution in [3.63, 3.8) is 0 Å². The fourth-order valence-corrected chi connectivity index (χ4v) is 1.92. The zero-order chi connectivity index (χ0) is 11.6. The number of nitrogens with zero attached hydrogens (tertiary/aromatic N) is 1. The smallest absolute Gasteiger partial charge is 0.0928 e. The summed E-state index contributed by atoms with van der Waals surface area (Å²) < 4.78 is 1.10. The van der Waals surface area contributed by atoms with Gasteiger partial charge in [0.25, 0.3) is 0 Å². The van der Waals surface area contributed by atoms with Gasteiger partial charge in [-0.25, -0.2) is 0 Å². The summed E-state index contributed by atoms with van der Waals surface area (Å²) in [4.78, 5) is 0. The van der Waals surface area contributed by atoms with Crippen molar-refractivity contribution in [2.24, 2.45) is 0 Å². The van der Waals surface area contributed by atoms with Gasteiger partial charge in [0.1, 0.15) is 0 Å². The molecule has 0 radical (unpaired) electrons. The molecule has 15 heavy (non-hydrogen) atoms. The molecular formula is C13H29N2+. The lowest BCUT2D eigenvalue weighted by Crippen LogP contribution is -2.40. The Morgan fingerprint density at radius 1 is 1.07 bits per heavy atom. The van der Waals surface area contributed by atoms with E-state index in [0.29, 0.717) is 0 Å². The van der Waals surface area contributed by atoms with Crippen LogP contribution in [0, 0.1) is 0 Å². The first-order valence-electron chi connectivity index (χ1n) is 6.35. The summed E-state index contributed by atoms with van der Waals surface area (Å²) in [5, 5.41) is 3.15. The quantitative estimate of drug-likeness (QED) is 0.459. The Morgan fingerprint density at radius 2 is 1.80 bits per heavy atom. The van der Waals surface area contributed by atoms with Crippen molar-refractivity contribution in [3.05, 3.63) is 12.3 Å². The molecule has 0 rings (SSSR count). The Morgan fingerprint density at radius 3 is 2.33 bits per heavy atom. The minimum atomic E-state index is 0.978. The molecule has 1 atom stereocenters. The van der Waals surface area contributed by atoms with Crippen LogP contribution in [0.1, 0.15) is 39.5 Å². The Bertz CT molecular complexity index is 166. The highest BCUT2D eigenvalue weighted by molar-refractivity contribution is 4.76. The van der Waals surface area contributed by atoms with E-state index in [-0.39, 0.29) is 0 Å². The number of unbranched alkanes of at least 4 members (excludes halogenated alkanes) is 2. The van der Waals surface area contributed by atoms with E-state index in [4.69, 9.17) is 0 Å². The molecule has 0 aromatic heterocycles. The van der Waals surface area contributed by atoms with Gasteiger partial charge in [0.15, 0.2) is 0 Å². The van der Waals surface area contributed by atoms with Gasteiger partial charge in [-0.1, -0.05) is 20.3 Å². The molecular weight excluding hydrogens is 184 g/mol. The summed E-state index contributed by atoms with van der Waals surface area (Å²) in [6, 6.07) is 0. The molecule has 0 bridgehead atoms. The number of quaternary nitrogens is 1. The Hall–Kier alpha value is -0.340. The summed E-state index contributed by atoms with van der Waals surface area (Å²) in [7, 11) is 4.33. The lowest BCUT2D eigenvalue weighted by Gasteiger charge is -2.30. The van der Waals surface area contributed by atoms with Crippen molar-refractivity contribution >= 4 is 0 Å². The second-order valence-electron chi connectivity index (χ2n) is 4.58. The normalized spacial score (nSPS) is 15.7. The van der Waals surface area contributed by atoms with Crippen LogP contribution in [0.2, 0.25) is 0 Å². The number of hydrogen-bond donors (Lipinski definition) is 1. The van der Waals surface area contributed by atoms with Crippen LogP contribution in [-0.2, 0) is 0 Å². The maximum Gasteiger partial charge on any atom is 0.0928 e. The molecule has 0 saturated carbocycles. The maximum absolute atomic E-state index is 3.15. The predicted molar refractivity (Wildman–Crippen MR) is 68.8 cm³/mol. The number of nitrogens with one attached hydrogen (secondary N) is 1. The molecule has 0 saturated heterocycles. The molecule has 0 amide bonds. The maximum atomic E-state index is 3.15. The molecule has 0 aromatic carbocycles. The second kappa shape index (κ2) is 8.93. The van der Waals surface area contributed by atoms with Crippen LogP contribution >= 0.6 is 0 Å². The molecule has 2 heteroatoms. The molecule has 2 nitrogen and oxygen atoms in total. The lowest BCUT2D eigenvalue weighted by atomic mass is 10.2. The van der Waals surface area contributed by atoms with Crippen molar-refractivity contribution in [2.45, 2.75) is 39.5 Å². The van der Waals surface area contributed by atoms with E-state index >= 15 is 0 Å². The van der Waals surface area contributed by atoms with Crippen molar-refractivity contribution in [1.82, 2.24) is 5.32 Å². The Kier molecular flexibility index (Phi) is 8.73. The van der Waals surface area contributed by atoms with Gasteiger partial charge in [0.05, 0.1) is 26.3 Å². The SMILES string of the molecule is CCCCC[N@+](C)(/C=C\CNC)CCC. The minimum absolute atomic E-state index is 0.978. The number of likely N-dealkylation sites (N-methyl/N-ethyl adjacent to an activating group) is 1. The number of rotatable bonds is 9. The summed E-state index contributed by atoms with van der Waals surface area (Å²) >= 11 is 0. The number of hydrogen-bond acceptors (Lipinski definition) is 1. The van der Waals surface area contributed by atoms with Crippen molar-refractivity contribution < 1.29 is 4.48 Å². The third-order valence-electron chi connectivity index (χ3n) is 2.79. The van der Waals surface area contributed by atoms with Gasteiger partial charge in [-0.15, -0.1) is 0 Å². The Labute approximate surface area is 95.9 Å². The van der Waals surface area contributed by atoms with Gasteiger partial charge in [-0.05, 0) is 32.4 Å². The van der Waals surface area contributed by atoms with Gasteiger partial charge in [-0.2, -0.15) is 0 Å². The Balaban J connectivity index is 4.05. The van der Waals surface area contributed by atoms with E-state index in [1.165, 1.54) is 38.8 Å². The van der Waals surface area contributed by atoms with Gasteiger partial charge in [0, 0.05) is 6.54 Å². The largest absolute Gasteiger partial charge is 0.316 e. The van der Waals surface area contributed by atoms with Crippen LogP contribution in [0.25, 0.3) is 0 Å². The third-order valence-corrected chi connectivity index (χ3v) is 2.79. The highest BCUT2D eigenvalue weighted by atomic mass is 15.3. The van der Waals surface area contributed by atoms with E-state index in [0.717, 1.165) is 11.0 Å². The molecule has 0 heterocycles. The van der Waals surface area contributed by atoms with E-state index < -0.39 is 0 Å². The van der Waals surface area contributed by atoms with Crippen LogP contribution in [0.5, 0.6) is 0 Å². The molecule has 0 aromatic rings. The van der Waals surface area contributed by atoms with Crippen LogP contribution in [0.15, 0.2) is 12.3 Å². The molecule has 0 aliphatic rings. The van der Waals surface area contributed by atoms with Gasteiger partial charge < -0.3 is 5.32 Å².